The lowest BCUT2D eigenvalue weighted by Crippen LogP contribution is -2.20. The van der Waals surface area contributed by atoms with E-state index in [1.807, 2.05) is 13.8 Å². The molecule has 0 aliphatic rings. The molecule has 0 fully saturated rings. The second-order valence-electron chi connectivity index (χ2n) is 6.79. The number of aryl methyl sites for hydroxylation is 2. The van der Waals surface area contributed by atoms with Crippen molar-refractivity contribution in [3.05, 3.63) is 114 Å². The average molecular weight is 465 g/mol. The quantitative estimate of drug-likeness (QED) is 0.246. The molecule has 1 nitrogen and oxygen atoms in total. The van der Waals surface area contributed by atoms with E-state index in [1.165, 1.54) is 27.0 Å². The molecule has 0 aliphatic heterocycles. The topological polar surface area (TPSA) is 13.1 Å². The van der Waals surface area contributed by atoms with Crippen LogP contribution < -0.4 is 15.9 Å². The predicted molar refractivity (Wildman–Crippen MR) is 131 cm³/mol. The fourth-order valence-corrected chi connectivity index (χ4v) is 6.34. The highest BCUT2D eigenvalue weighted by Gasteiger charge is 2.15. The molecule has 0 N–H and O–H groups in total. The molecule has 0 saturated carbocycles. The lowest BCUT2D eigenvalue weighted by Gasteiger charge is -2.18. The first-order chi connectivity index (χ1) is 14.1. The molecular formula is C26H26BrOP. The van der Waals surface area contributed by atoms with Crippen LogP contribution in [0.1, 0.15) is 22.6 Å². The van der Waals surface area contributed by atoms with Crippen LogP contribution in [0.5, 0.6) is 0 Å². The average Bonchev–Trinajstić information content (AvgIpc) is 3.02. The zero-order valence-corrected chi connectivity index (χ0v) is 19.6. The Morgan fingerprint density at radius 2 is 1.00 bits per heavy atom. The first-order valence-corrected chi connectivity index (χ1v) is 12.1. The Bertz CT molecular complexity index is 917. The van der Waals surface area contributed by atoms with Gasteiger partial charge in [-0.1, -0.05) is 107 Å². The lowest BCUT2D eigenvalue weighted by molar-refractivity contribution is 0.501. The molecule has 3 heteroatoms. The lowest BCUT2D eigenvalue weighted by atomic mass is 10.2. The molecule has 4 rings (SSSR count). The summed E-state index contributed by atoms with van der Waals surface area (Å²) in [7, 11) is -0.446. The second kappa shape index (κ2) is 10.6. The van der Waals surface area contributed by atoms with Crippen molar-refractivity contribution in [3.63, 3.8) is 0 Å². The maximum atomic E-state index is 5.41. The van der Waals surface area contributed by atoms with Crippen molar-refractivity contribution in [3.8, 4) is 0 Å². The van der Waals surface area contributed by atoms with Gasteiger partial charge in [0.25, 0.3) is 0 Å². The van der Waals surface area contributed by atoms with Gasteiger partial charge in [-0.05, 0) is 50.2 Å². The van der Waals surface area contributed by atoms with E-state index in [1.54, 1.807) is 0 Å². The fraction of sp³-hybridized carbons (Fsp3) is 0.154. The van der Waals surface area contributed by atoms with Crippen molar-refractivity contribution in [2.45, 2.75) is 26.1 Å². The smallest absolute Gasteiger partial charge is 0.105 e. The van der Waals surface area contributed by atoms with Gasteiger partial charge in [-0.2, -0.15) is 0 Å². The molecule has 0 amide bonds. The zero-order valence-electron chi connectivity index (χ0n) is 17.1. The van der Waals surface area contributed by atoms with Gasteiger partial charge in [0.05, 0.1) is 0 Å². The van der Waals surface area contributed by atoms with Crippen LogP contribution in [-0.2, 0) is 5.33 Å². The summed E-state index contributed by atoms with van der Waals surface area (Å²) in [6.07, 6.45) is 0. The Labute approximate surface area is 183 Å². The van der Waals surface area contributed by atoms with Crippen molar-refractivity contribution < 1.29 is 4.42 Å². The molecule has 0 saturated heterocycles. The first-order valence-electron chi connectivity index (χ1n) is 9.68. The van der Waals surface area contributed by atoms with Crippen LogP contribution in [0.3, 0.4) is 0 Å². The summed E-state index contributed by atoms with van der Waals surface area (Å²) in [4.78, 5) is 0. The van der Waals surface area contributed by atoms with Gasteiger partial charge in [0.1, 0.15) is 11.5 Å². The normalized spacial score (nSPS) is 10.5. The molecule has 1 heterocycles. The van der Waals surface area contributed by atoms with Crippen LogP contribution >= 0.6 is 23.9 Å². The third-order valence-corrected chi connectivity index (χ3v) is 7.89. The van der Waals surface area contributed by atoms with Gasteiger partial charge in [-0.3, -0.25) is 0 Å². The Kier molecular flexibility index (Phi) is 7.86. The van der Waals surface area contributed by atoms with Gasteiger partial charge >= 0.3 is 0 Å². The Balaban J connectivity index is 0.000000204. The fourth-order valence-electron chi connectivity index (χ4n) is 3.22. The van der Waals surface area contributed by atoms with Crippen molar-refractivity contribution in [1.29, 1.82) is 0 Å². The number of hydrogen-bond acceptors (Lipinski definition) is 1. The molecule has 1 aromatic heterocycles. The minimum Gasteiger partial charge on any atom is -0.466 e. The van der Waals surface area contributed by atoms with Gasteiger partial charge < -0.3 is 4.42 Å². The monoisotopic (exact) mass is 464 g/mol. The van der Waals surface area contributed by atoms with Crippen LogP contribution in [0.2, 0.25) is 0 Å². The third kappa shape index (κ3) is 5.47. The molecule has 4 aromatic rings. The maximum absolute atomic E-state index is 5.41. The van der Waals surface area contributed by atoms with E-state index in [-0.39, 0.29) is 0 Å². The number of rotatable bonds is 4. The van der Waals surface area contributed by atoms with Crippen LogP contribution in [0.15, 0.2) is 95.4 Å². The summed E-state index contributed by atoms with van der Waals surface area (Å²) in [5.41, 5.74) is 2.56. The highest BCUT2D eigenvalue weighted by Crippen LogP contribution is 2.32. The highest BCUT2D eigenvalue weighted by atomic mass is 79.9. The summed E-state index contributed by atoms with van der Waals surface area (Å²) >= 11 is 3.41. The van der Waals surface area contributed by atoms with E-state index in [4.69, 9.17) is 4.42 Å². The molecule has 0 spiro atoms. The minimum atomic E-state index is -0.446. The summed E-state index contributed by atoms with van der Waals surface area (Å²) in [5.74, 6) is 2.07. The van der Waals surface area contributed by atoms with E-state index >= 15 is 0 Å². The van der Waals surface area contributed by atoms with Crippen molar-refractivity contribution in [2.24, 2.45) is 0 Å². The molecule has 148 valence electrons. The molecule has 0 atom stereocenters. The predicted octanol–water partition coefficient (Wildman–Crippen LogP) is 6.54. The molecule has 29 heavy (non-hydrogen) atoms. The Hall–Kier alpha value is -2.15. The number of benzene rings is 3. The maximum Gasteiger partial charge on any atom is 0.105 e. The highest BCUT2D eigenvalue weighted by molar-refractivity contribution is 9.08. The summed E-state index contributed by atoms with van der Waals surface area (Å²) in [5, 5.41) is 5.09. The SMILES string of the molecule is Cc1oc(C)c(CBr)c1C.c1ccc(P(c2ccccc2)c2ccccc2)cc1. The first kappa shape index (κ1) is 21.6. The minimum absolute atomic E-state index is 0.446. The van der Waals surface area contributed by atoms with E-state index < -0.39 is 7.92 Å². The molecule has 0 aliphatic carbocycles. The van der Waals surface area contributed by atoms with Gasteiger partial charge in [-0.25, -0.2) is 0 Å². The molecule has 0 bridgehead atoms. The Morgan fingerprint density at radius 3 is 1.24 bits per heavy atom. The van der Waals surface area contributed by atoms with E-state index in [2.05, 4.69) is 114 Å². The van der Waals surface area contributed by atoms with Crippen molar-refractivity contribution >= 4 is 39.8 Å². The molecule has 0 radical (unpaired) electrons. The second-order valence-corrected chi connectivity index (χ2v) is 9.57. The number of alkyl halides is 1. The zero-order chi connectivity index (χ0) is 20.6. The van der Waals surface area contributed by atoms with E-state index in [0.29, 0.717) is 0 Å². The van der Waals surface area contributed by atoms with E-state index in [9.17, 15) is 0 Å². The summed E-state index contributed by atoms with van der Waals surface area (Å²) < 4.78 is 5.41. The van der Waals surface area contributed by atoms with E-state index in [0.717, 1.165) is 16.9 Å². The van der Waals surface area contributed by atoms with Crippen LogP contribution in [-0.4, -0.2) is 0 Å². The molecular weight excluding hydrogens is 439 g/mol. The van der Waals surface area contributed by atoms with Crippen molar-refractivity contribution in [2.75, 3.05) is 0 Å². The standard InChI is InChI=1S/C18H15P.C8H11BrO/c1-4-10-16(11-5-1)19(17-12-6-2-7-13-17)18-14-8-3-9-15-18;1-5-6(2)10-7(3)8(5)4-9/h1-15H;4H2,1-3H3. The third-order valence-electron chi connectivity index (χ3n) is 4.89. The van der Waals surface area contributed by atoms with Crippen LogP contribution in [0, 0.1) is 20.8 Å². The van der Waals surface area contributed by atoms with Gasteiger partial charge in [0.15, 0.2) is 0 Å². The molecule has 3 aromatic carbocycles. The van der Waals surface area contributed by atoms with Crippen LogP contribution in [0.4, 0.5) is 0 Å². The summed E-state index contributed by atoms with van der Waals surface area (Å²) in [6.45, 7) is 6.08. The number of hydrogen-bond donors (Lipinski definition) is 0. The largest absolute Gasteiger partial charge is 0.466 e. The summed E-state index contributed by atoms with van der Waals surface area (Å²) in [6, 6.07) is 32.3. The van der Waals surface area contributed by atoms with Gasteiger partial charge in [0, 0.05) is 10.9 Å². The number of furan rings is 1. The molecule has 0 unspecified atom stereocenters. The van der Waals surface area contributed by atoms with Gasteiger partial charge in [0.2, 0.25) is 0 Å². The van der Waals surface area contributed by atoms with Crippen LogP contribution in [0.25, 0.3) is 0 Å². The number of halogens is 1. The Morgan fingerprint density at radius 1 is 0.621 bits per heavy atom. The van der Waals surface area contributed by atoms with Crippen molar-refractivity contribution in [1.82, 2.24) is 0 Å². The van der Waals surface area contributed by atoms with Gasteiger partial charge in [-0.15, -0.1) is 0 Å².